The number of rotatable bonds is 6. The fourth-order valence-electron chi connectivity index (χ4n) is 1.20. The number of aromatic nitrogens is 5. The van der Waals surface area contributed by atoms with Crippen LogP contribution in [0.4, 0.5) is 5.82 Å². The van der Waals surface area contributed by atoms with Crippen LogP contribution >= 0.6 is 11.8 Å². The standard InChI is InChI=1S/C9H13N7OS/c1-2-17-4-7-13-6(15-10)3-8(14-7)18-9-11-5-12-16-9/h3,5H,2,4,10H2,1H3,(H,11,12,16)(H,13,14,15). The smallest absolute Gasteiger partial charge is 0.189 e. The van der Waals surface area contributed by atoms with Crippen molar-refractivity contribution in [1.29, 1.82) is 0 Å². The minimum atomic E-state index is 0.343. The summed E-state index contributed by atoms with van der Waals surface area (Å²) in [6, 6.07) is 1.72. The van der Waals surface area contributed by atoms with E-state index in [-0.39, 0.29) is 0 Å². The zero-order valence-corrected chi connectivity index (χ0v) is 10.6. The summed E-state index contributed by atoms with van der Waals surface area (Å²) in [4.78, 5) is 12.5. The lowest BCUT2D eigenvalue weighted by molar-refractivity contribution is 0.128. The Morgan fingerprint density at radius 2 is 2.39 bits per heavy atom. The highest BCUT2D eigenvalue weighted by molar-refractivity contribution is 7.99. The Labute approximate surface area is 108 Å². The van der Waals surface area contributed by atoms with Crippen molar-refractivity contribution < 1.29 is 4.74 Å². The van der Waals surface area contributed by atoms with E-state index in [0.29, 0.717) is 35.0 Å². The monoisotopic (exact) mass is 267 g/mol. The number of nitrogens with zero attached hydrogens (tertiary/aromatic N) is 4. The minimum absolute atomic E-state index is 0.343. The van der Waals surface area contributed by atoms with Crippen LogP contribution in [0.1, 0.15) is 12.7 Å². The van der Waals surface area contributed by atoms with Crippen LogP contribution in [0.3, 0.4) is 0 Å². The summed E-state index contributed by atoms with van der Waals surface area (Å²) in [7, 11) is 0. The van der Waals surface area contributed by atoms with Crippen molar-refractivity contribution in [3.05, 3.63) is 18.2 Å². The SMILES string of the molecule is CCOCc1nc(NN)cc(Sc2ncn[nH]2)n1. The Kier molecular flexibility index (Phi) is 4.45. The number of aromatic amines is 1. The Morgan fingerprint density at radius 3 is 3.06 bits per heavy atom. The summed E-state index contributed by atoms with van der Waals surface area (Å²) in [5, 5.41) is 7.88. The van der Waals surface area contributed by atoms with Crippen LogP contribution in [-0.4, -0.2) is 31.8 Å². The normalized spacial score (nSPS) is 10.6. The number of nitrogens with two attached hydrogens (primary N) is 1. The summed E-state index contributed by atoms with van der Waals surface area (Å²) >= 11 is 1.34. The molecule has 9 heteroatoms. The molecule has 2 aromatic heterocycles. The van der Waals surface area contributed by atoms with Crippen molar-refractivity contribution in [2.24, 2.45) is 5.84 Å². The highest BCUT2D eigenvalue weighted by Gasteiger charge is 2.07. The molecular formula is C9H13N7OS. The molecule has 2 aromatic rings. The molecule has 0 unspecified atom stereocenters. The zero-order valence-electron chi connectivity index (χ0n) is 9.75. The molecule has 96 valence electrons. The van der Waals surface area contributed by atoms with Crippen LogP contribution in [0.25, 0.3) is 0 Å². The van der Waals surface area contributed by atoms with Crippen LogP contribution in [0, 0.1) is 0 Å². The van der Waals surface area contributed by atoms with Crippen molar-refractivity contribution >= 4 is 17.6 Å². The molecule has 0 aliphatic carbocycles. The first-order valence-electron chi connectivity index (χ1n) is 5.27. The van der Waals surface area contributed by atoms with Gasteiger partial charge in [-0.05, 0) is 18.7 Å². The number of H-pyrrole nitrogens is 1. The lowest BCUT2D eigenvalue weighted by atomic mass is 10.5. The van der Waals surface area contributed by atoms with Gasteiger partial charge in [0.25, 0.3) is 0 Å². The van der Waals surface area contributed by atoms with Crippen LogP contribution in [-0.2, 0) is 11.3 Å². The zero-order chi connectivity index (χ0) is 12.8. The molecule has 0 aliphatic rings. The molecule has 0 saturated carbocycles. The molecule has 18 heavy (non-hydrogen) atoms. The lowest BCUT2D eigenvalue weighted by Crippen LogP contribution is -2.11. The number of anilines is 1. The number of ether oxygens (including phenoxy) is 1. The second-order valence-electron chi connectivity index (χ2n) is 3.18. The minimum Gasteiger partial charge on any atom is -0.374 e. The molecule has 0 aromatic carbocycles. The first-order chi connectivity index (χ1) is 8.81. The molecule has 0 spiro atoms. The summed E-state index contributed by atoms with van der Waals surface area (Å²) in [6.07, 6.45) is 1.44. The Morgan fingerprint density at radius 1 is 1.50 bits per heavy atom. The van der Waals surface area contributed by atoms with Gasteiger partial charge in [0, 0.05) is 12.7 Å². The molecule has 0 bridgehead atoms. The molecule has 8 nitrogen and oxygen atoms in total. The number of hydrazine groups is 1. The largest absolute Gasteiger partial charge is 0.374 e. The van der Waals surface area contributed by atoms with Gasteiger partial charge in [0.05, 0.1) is 0 Å². The fourth-order valence-corrected chi connectivity index (χ4v) is 1.92. The van der Waals surface area contributed by atoms with Crippen molar-refractivity contribution in [2.75, 3.05) is 12.0 Å². The molecule has 0 amide bonds. The van der Waals surface area contributed by atoms with Gasteiger partial charge in [-0.2, -0.15) is 5.10 Å². The quantitative estimate of drug-likeness (QED) is 0.395. The molecule has 2 heterocycles. The van der Waals surface area contributed by atoms with Crippen molar-refractivity contribution in [3.63, 3.8) is 0 Å². The van der Waals surface area contributed by atoms with Crippen LogP contribution in [0.2, 0.25) is 0 Å². The molecular weight excluding hydrogens is 254 g/mol. The third-order valence-electron chi connectivity index (χ3n) is 1.93. The highest BCUT2D eigenvalue weighted by atomic mass is 32.2. The van der Waals surface area contributed by atoms with E-state index in [1.807, 2.05) is 6.92 Å². The second-order valence-corrected chi connectivity index (χ2v) is 4.19. The summed E-state index contributed by atoms with van der Waals surface area (Å²) < 4.78 is 5.27. The average molecular weight is 267 g/mol. The van der Waals surface area contributed by atoms with E-state index in [1.54, 1.807) is 6.07 Å². The third kappa shape index (κ3) is 3.39. The predicted molar refractivity (Wildman–Crippen MR) is 65.7 cm³/mol. The highest BCUT2D eigenvalue weighted by Crippen LogP contribution is 2.23. The van der Waals surface area contributed by atoms with E-state index in [2.05, 4.69) is 30.6 Å². The summed E-state index contributed by atoms with van der Waals surface area (Å²) in [5.41, 5.74) is 2.50. The number of hydrogen-bond donors (Lipinski definition) is 3. The van der Waals surface area contributed by atoms with Gasteiger partial charge in [0.2, 0.25) is 0 Å². The Balaban J connectivity index is 2.17. The number of nitrogen functional groups attached to an aromatic ring is 1. The number of nitrogens with one attached hydrogen (secondary N) is 2. The van der Waals surface area contributed by atoms with Crippen LogP contribution < -0.4 is 11.3 Å². The first kappa shape index (κ1) is 12.7. The van der Waals surface area contributed by atoms with E-state index in [0.717, 1.165) is 0 Å². The molecule has 0 radical (unpaired) electrons. The van der Waals surface area contributed by atoms with Gasteiger partial charge in [0.15, 0.2) is 11.0 Å². The molecule has 0 atom stereocenters. The van der Waals surface area contributed by atoms with E-state index < -0.39 is 0 Å². The van der Waals surface area contributed by atoms with Crippen molar-refractivity contribution in [2.45, 2.75) is 23.7 Å². The van der Waals surface area contributed by atoms with Crippen molar-refractivity contribution in [1.82, 2.24) is 25.1 Å². The summed E-state index contributed by atoms with van der Waals surface area (Å²) in [5.74, 6) is 6.46. The lowest BCUT2D eigenvalue weighted by Gasteiger charge is -2.06. The summed E-state index contributed by atoms with van der Waals surface area (Å²) in [6.45, 7) is 2.86. The molecule has 0 aliphatic heterocycles. The third-order valence-corrected chi connectivity index (χ3v) is 2.73. The topological polar surface area (TPSA) is 115 Å². The van der Waals surface area contributed by atoms with Crippen LogP contribution in [0.15, 0.2) is 22.6 Å². The van der Waals surface area contributed by atoms with Gasteiger partial charge >= 0.3 is 0 Å². The second kappa shape index (κ2) is 6.28. The van der Waals surface area contributed by atoms with Gasteiger partial charge in [-0.25, -0.2) is 20.8 Å². The average Bonchev–Trinajstić information content (AvgIpc) is 2.89. The van der Waals surface area contributed by atoms with Crippen LogP contribution in [0.5, 0.6) is 0 Å². The Hall–Kier alpha value is -1.71. The van der Waals surface area contributed by atoms with E-state index in [1.165, 1.54) is 18.1 Å². The van der Waals surface area contributed by atoms with E-state index in [9.17, 15) is 0 Å². The maximum atomic E-state index is 5.36. The molecule has 0 fully saturated rings. The van der Waals surface area contributed by atoms with E-state index in [4.69, 9.17) is 10.6 Å². The van der Waals surface area contributed by atoms with Gasteiger partial charge in [-0.15, -0.1) is 0 Å². The van der Waals surface area contributed by atoms with Gasteiger partial charge < -0.3 is 10.2 Å². The van der Waals surface area contributed by atoms with E-state index >= 15 is 0 Å². The van der Waals surface area contributed by atoms with Gasteiger partial charge in [-0.3, -0.25) is 5.10 Å². The first-order valence-corrected chi connectivity index (χ1v) is 6.09. The molecule has 4 N–H and O–H groups in total. The maximum Gasteiger partial charge on any atom is 0.189 e. The molecule has 0 saturated heterocycles. The Bertz CT molecular complexity index is 490. The molecule has 2 rings (SSSR count). The van der Waals surface area contributed by atoms with Gasteiger partial charge in [0.1, 0.15) is 23.8 Å². The van der Waals surface area contributed by atoms with Gasteiger partial charge in [-0.1, -0.05) is 0 Å². The fraction of sp³-hybridized carbons (Fsp3) is 0.333. The predicted octanol–water partition coefficient (Wildman–Crippen LogP) is 0.568. The number of hydrogen-bond acceptors (Lipinski definition) is 8. The van der Waals surface area contributed by atoms with Crippen molar-refractivity contribution in [3.8, 4) is 0 Å². The maximum absolute atomic E-state index is 5.36.